The van der Waals surface area contributed by atoms with Crippen LogP contribution >= 0.6 is 22.9 Å². The highest BCUT2D eigenvalue weighted by molar-refractivity contribution is 7.23. The Hall–Kier alpha value is -2.76. The van der Waals surface area contributed by atoms with Crippen LogP contribution < -0.4 is 4.90 Å². The highest BCUT2D eigenvalue weighted by Crippen LogP contribution is 2.36. The average Bonchev–Trinajstić information content (AvgIpc) is 3.16. The van der Waals surface area contributed by atoms with Crippen molar-refractivity contribution >= 4 is 44.2 Å². The smallest absolute Gasteiger partial charge is 0.233 e. The normalized spacial score (nSPS) is 11.0. The van der Waals surface area contributed by atoms with E-state index in [0.717, 1.165) is 32.6 Å². The lowest BCUT2D eigenvalue weighted by atomic mass is 10.1. The van der Waals surface area contributed by atoms with Crippen LogP contribution in [-0.4, -0.2) is 15.9 Å². The molecule has 4 aromatic rings. The predicted molar refractivity (Wildman–Crippen MR) is 120 cm³/mol. The molecule has 2 heterocycles. The minimum atomic E-state index is -0.0194. The fraction of sp³-hybridized carbons (Fsp3) is 0.174. The van der Waals surface area contributed by atoms with E-state index in [4.69, 9.17) is 16.6 Å². The summed E-state index contributed by atoms with van der Waals surface area (Å²) < 4.78 is 0.899. The third kappa shape index (κ3) is 4.31. The zero-order valence-corrected chi connectivity index (χ0v) is 17.8. The Morgan fingerprint density at radius 3 is 2.69 bits per heavy atom. The van der Waals surface area contributed by atoms with Gasteiger partial charge in [-0.1, -0.05) is 64.9 Å². The van der Waals surface area contributed by atoms with Crippen molar-refractivity contribution in [3.8, 4) is 0 Å². The number of hydrogen-bond donors (Lipinski definition) is 0. The van der Waals surface area contributed by atoms with Crippen LogP contribution in [0.2, 0.25) is 5.02 Å². The molecule has 0 radical (unpaired) electrons. The van der Waals surface area contributed by atoms with Crippen LogP contribution in [-0.2, 0) is 17.8 Å². The molecule has 2 aromatic heterocycles. The number of thiazole rings is 1. The minimum Gasteiger partial charge on any atom is -0.282 e. The van der Waals surface area contributed by atoms with Gasteiger partial charge in [0.25, 0.3) is 0 Å². The number of nitrogens with zero attached hydrogens (tertiary/aromatic N) is 3. The summed E-state index contributed by atoms with van der Waals surface area (Å²) in [6.07, 6.45) is 2.04. The molecule has 1 amide bonds. The topological polar surface area (TPSA) is 46.1 Å². The van der Waals surface area contributed by atoms with E-state index in [1.165, 1.54) is 11.3 Å². The van der Waals surface area contributed by atoms with E-state index >= 15 is 0 Å². The van der Waals surface area contributed by atoms with Gasteiger partial charge in [0.2, 0.25) is 5.91 Å². The van der Waals surface area contributed by atoms with Gasteiger partial charge in [-0.25, -0.2) is 4.98 Å². The number of benzene rings is 2. The number of rotatable bonds is 5. The third-order valence-electron chi connectivity index (χ3n) is 4.70. The number of hydrogen-bond acceptors (Lipinski definition) is 4. The number of carbonyl (C=O) groups excluding carboxylic acids is 1. The van der Waals surface area contributed by atoms with Crippen molar-refractivity contribution in [3.63, 3.8) is 0 Å². The molecule has 2 aromatic carbocycles. The number of anilines is 1. The van der Waals surface area contributed by atoms with E-state index in [1.807, 2.05) is 68.4 Å². The Morgan fingerprint density at radius 1 is 1.10 bits per heavy atom. The summed E-state index contributed by atoms with van der Waals surface area (Å²) in [6.45, 7) is 4.39. The van der Waals surface area contributed by atoms with Gasteiger partial charge in [-0.3, -0.25) is 14.7 Å². The van der Waals surface area contributed by atoms with Crippen LogP contribution in [0.3, 0.4) is 0 Å². The summed E-state index contributed by atoms with van der Waals surface area (Å²) in [6, 6.07) is 17.5. The first-order chi connectivity index (χ1) is 14.0. The Labute approximate surface area is 178 Å². The van der Waals surface area contributed by atoms with Crippen molar-refractivity contribution in [2.24, 2.45) is 0 Å². The molecule has 0 spiro atoms. The largest absolute Gasteiger partial charge is 0.282 e. The van der Waals surface area contributed by atoms with Crippen LogP contribution in [0.5, 0.6) is 0 Å². The van der Waals surface area contributed by atoms with Crippen molar-refractivity contribution in [2.45, 2.75) is 26.8 Å². The van der Waals surface area contributed by atoms with Gasteiger partial charge in [-0.15, -0.1) is 0 Å². The predicted octanol–water partition coefficient (Wildman–Crippen LogP) is 5.74. The molecule has 0 aliphatic rings. The second-order valence-corrected chi connectivity index (χ2v) is 8.39. The van der Waals surface area contributed by atoms with Gasteiger partial charge in [0, 0.05) is 6.20 Å². The van der Waals surface area contributed by atoms with E-state index < -0.39 is 0 Å². The third-order valence-corrected chi connectivity index (χ3v) is 6.24. The quantitative estimate of drug-likeness (QED) is 0.413. The van der Waals surface area contributed by atoms with Crippen molar-refractivity contribution in [1.82, 2.24) is 9.97 Å². The maximum Gasteiger partial charge on any atom is 0.233 e. The molecule has 4 nitrogen and oxygen atoms in total. The maximum atomic E-state index is 13.3. The number of halogens is 1. The highest BCUT2D eigenvalue weighted by Gasteiger charge is 2.22. The van der Waals surface area contributed by atoms with Gasteiger partial charge in [-0.05, 0) is 43.2 Å². The standard InChI is InChI=1S/C23H20ClN3OS/c1-15-6-5-7-17(12-15)13-20(28)27(14-18-8-3-4-11-25-18)23-26-21-16(2)9-10-19(24)22(21)29-23/h3-12H,13-14H2,1-2H3. The molecule has 0 bridgehead atoms. The molecule has 4 rings (SSSR count). The molecular formula is C23H20ClN3OS. The first kappa shape index (κ1) is 19.6. The number of carbonyl (C=O) groups is 1. The van der Waals surface area contributed by atoms with Gasteiger partial charge >= 0.3 is 0 Å². The zero-order valence-electron chi connectivity index (χ0n) is 16.2. The molecule has 29 heavy (non-hydrogen) atoms. The van der Waals surface area contributed by atoms with Gasteiger partial charge in [0.1, 0.15) is 0 Å². The van der Waals surface area contributed by atoms with Gasteiger partial charge in [0.15, 0.2) is 5.13 Å². The number of amides is 1. The molecule has 0 saturated heterocycles. The van der Waals surface area contributed by atoms with Gasteiger partial charge < -0.3 is 0 Å². The monoisotopic (exact) mass is 421 g/mol. The molecular weight excluding hydrogens is 402 g/mol. The van der Waals surface area contributed by atoms with Crippen LogP contribution in [0.4, 0.5) is 5.13 Å². The van der Waals surface area contributed by atoms with E-state index in [2.05, 4.69) is 4.98 Å². The van der Waals surface area contributed by atoms with E-state index in [9.17, 15) is 4.79 Å². The first-order valence-corrected chi connectivity index (χ1v) is 10.5. The van der Waals surface area contributed by atoms with Crippen molar-refractivity contribution in [3.05, 3.63) is 88.2 Å². The van der Waals surface area contributed by atoms with Crippen molar-refractivity contribution < 1.29 is 4.79 Å². The Bertz CT molecular complexity index is 1130. The summed E-state index contributed by atoms with van der Waals surface area (Å²) in [4.78, 5) is 24.2. The molecule has 0 aliphatic heterocycles. The Balaban J connectivity index is 1.73. The molecule has 0 fully saturated rings. The molecule has 146 valence electrons. The van der Waals surface area contributed by atoms with Gasteiger partial charge in [0.05, 0.1) is 33.9 Å². The Morgan fingerprint density at radius 2 is 1.97 bits per heavy atom. The molecule has 0 atom stereocenters. The summed E-state index contributed by atoms with van der Waals surface area (Å²) in [5.41, 5.74) is 4.81. The molecule has 6 heteroatoms. The average molecular weight is 422 g/mol. The summed E-state index contributed by atoms with van der Waals surface area (Å²) >= 11 is 7.83. The van der Waals surface area contributed by atoms with E-state index in [1.54, 1.807) is 11.1 Å². The molecule has 0 unspecified atom stereocenters. The van der Waals surface area contributed by atoms with Crippen molar-refractivity contribution in [1.29, 1.82) is 0 Å². The fourth-order valence-corrected chi connectivity index (χ4v) is 4.55. The fourth-order valence-electron chi connectivity index (χ4n) is 3.21. The second-order valence-electron chi connectivity index (χ2n) is 7.01. The molecule has 0 aliphatic carbocycles. The maximum absolute atomic E-state index is 13.3. The zero-order chi connectivity index (χ0) is 20.4. The molecule has 0 saturated carbocycles. The number of aryl methyl sites for hydroxylation is 2. The SMILES string of the molecule is Cc1cccc(CC(=O)N(Cc2ccccn2)c2nc3c(C)ccc(Cl)c3s2)c1. The minimum absolute atomic E-state index is 0.0194. The summed E-state index contributed by atoms with van der Waals surface area (Å²) in [5.74, 6) is -0.0194. The van der Waals surface area contributed by atoms with Crippen LogP contribution in [0.25, 0.3) is 10.2 Å². The van der Waals surface area contributed by atoms with E-state index in [0.29, 0.717) is 23.1 Å². The van der Waals surface area contributed by atoms with Crippen LogP contribution in [0.15, 0.2) is 60.8 Å². The number of fused-ring (bicyclic) bond motifs is 1. The second kappa shape index (κ2) is 8.31. The van der Waals surface area contributed by atoms with Crippen molar-refractivity contribution in [2.75, 3.05) is 4.90 Å². The van der Waals surface area contributed by atoms with Gasteiger partial charge in [-0.2, -0.15) is 0 Å². The summed E-state index contributed by atoms with van der Waals surface area (Å²) in [7, 11) is 0. The first-order valence-electron chi connectivity index (χ1n) is 9.33. The van der Waals surface area contributed by atoms with E-state index in [-0.39, 0.29) is 5.91 Å². The van der Waals surface area contributed by atoms with Crippen LogP contribution in [0.1, 0.15) is 22.4 Å². The lowest BCUT2D eigenvalue weighted by Gasteiger charge is -2.19. The lowest BCUT2D eigenvalue weighted by molar-refractivity contribution is -0.118. The number of aromatic nitrogens is 2. The molecule has 0 N–H and O–H groups in total. The van der Waals surface area contributed by atoms with Crippen LogP contribution in [0, 0.1) is 13.8 Å². The summed E-state index contributed by atoms with van der Waals surface area (Å²) in [5, 5.41) is 1.29. The number of pyridine rings is 1. The lowest BCUT2D eigenvalue weighted by Crippen LogP contribution is -2.32. The Kier molecular flexibility index (Phi) is 5.60. The highest BCUT2D eigenvalue weighted by atomic mass is 35.5.